The van der Waals surface area contributed by atoms with Crippen molar-refractivity contribution in [2.75, 3.05) is 0 Å². The summed E-state index contributed by atoms with van der Waals surface area (Å²) in [6.07, 6.45) is 2.04. The van der Waals surface area contributed by atoms with Crippen molar-refractivity contribution >= 4 is 11.5 Å². The Morgan fingerprint density at radius 2 is 2.33 bits per heavy atom. The second kappa shape index (κ2) is 4.29. The lowest BCUT2D eigenvalue weighted by Crippen LogP contribution is -2.34. The lowest BCUT2D eigenvalue weighted by atomic mass is 9.78. The highest BCUT2D eigenvalue weighted by Gasteiger charge is 2.36. The highest BCUT2D eigenvalue weighted by Crippen LogP contribution is 2.28. The number of carbonyl (C=O) groups is 1. The standard InChI is InChI=1S/C11H15NO3/c1-4-11(3,8(2)13)10(12-14)9-6-5-7-15-9/h5-7,14H,4H2,1-3H3/b12-10+. The first kappa shape index (κ1) is 11.5. The topological polar surface area (TPSA) is 62.8 Å². The number of furan rings is 1. The predicted octanol–water partition coefficient (Wildman–Crippen LogP) is 2.46. The maximum atomic E-state index is 11.6. The summed E-state index contributed by atoms with van der Waals surface area (Å²) in [4.78, 5) is 11.6. The zero-order valence-electron chi connectivity index (χ0n) is 9.15. The van der Waals surface area contributed by atoms with E-state index in [-0.39, 0.29) is 11.5 Å². The van der Waals surface area contributed by atoms with Crippen LogP contribution in [0.5, 0.6) is 0 Å². The van der Waals surface area contributed by atoms with Gasteiger partial charge in [-0.25, -0.2) is 0 Å². The van der Waals surface area contributed by atoms with Crippen LogP contribution in [0.15, 0.2) is 28.0 Å². The smallest absolute Gasteiger partial charge is 0.152 e. The quantitative estimate of drug-likeness (QED) is 0.470. The summed E-state index contributed by atoms with van der Waals surface area (Å²) in [5.74, 6) is 0.381. The molecule has 0 saturated heterocycles. The van der Waals surface area contributed by atoms with Crippen molar-refractivity contribution in [1.29, 1.82) is 0 Å². The molecule has 1 rings (SSSR count). The SMILES string of the molecule is CCC(C)(C(C)=O)/C(=N/O)c1ccco1. The molecule has 0 aliphatic carbocycles. The number of carbonyl (C=O) groups excluding carboxylic acids is 1. The monoisotopic (exact) mass is 209 g/mol. The normalized spacial score (nSPS) is 16.1. The fourth-order valence-electron chi connectivity index (χ4n) is 1.43. The zero-order valence-corrected chi connectivity index (χ0v) is 9.15. The second-order valence-corrected chi connectivity index (χ2v) is 3.67. The maximum absolute atomic E-state index is 11.6. The molecule has 0 saturated carbocycles. The summed E-state index contributed by atoms with van der Waals surface area (Å²) in [5, 5.41) is 12.2. The van der Waals surface area contributed by atoms with E-state index >= 15 is 0 Å². The van der Waals surface area contributed by atoms with Gasteiger partial charge in [-0.1, -0.05) is 12.1 Å². The third-order valence-electron chi connectivity index (χ3n) is 2.86. The Hall–Kier alpha value is -1.58. The molecule has 0 amide bonds. The van der Waals surface area contributed by atoms with Crippen LogP contribution >= 0.6 is 0 Å². The molecule has 1 N–H and O–H groups in total. The average molecular weight is 209 g/mol. The van der Waals surface area contributed by atoms with Crippen LogP contribution < -0.4 is 0 Å². The summed E-state index contributed by atoms with van der Waals surface area (Å²) in [5.41, 5.74) is -0.519. The Morgan fingerprint density at radius 3 is 2.67 bits per heavy atom. The molecule has 1 aromatic heterocycles. The molecule has 82 valence electrons. The number of hydrogen-bond donors (Lipinski definition) is 1. The Kier molecular flexibility index (Phi) is 3.29. The molecule has 1 atom stereocenters. The van der Waals surface area contributed by atoms with Gasteiger partial charge in [-0.2, -0.15) is 0 Å². The van der Waals surface area contributed by atoms with E-state index in [1.54, 1.807) is 19.1 Å². The Labute approximate surface area is 88.6 Å². The van der Waals surface area contributed by atoms with Gasteiger partial charge in [0.1, 0.15) is 11.5 Å². The predicted molar refractivity (Wildman–Crippen MR) is 56.1 cm³/mol. The Bertz CT molecular complexity index is 367. The van der Waals surface area contributed by atoms with Crippen LogP contribution in [0.3, 0.4) is 0 Å². The van der Waals surface area contributed by atoms with Gasteiger partial charge >= 0.3 is 0 Å². The molecule has 1 heterocycles. The third kappa shape index (κ3) is 1.93. The van der Waals surface area contributed by atoms with E-state index in [9.17, 15) is 4.79 Å². The molecular weight excluding hydrogens is 194 g/mol. The first-order chi connectivity index (χ1) is 7.06. The van der Waals surface area contributed by atoms with Crippen LogP contribution in [-0.2, 0) is 4.79 Å². The second-order valence-electron chi connectivity index (χ2n) is 3.67. The van der Waals surface area contributed by atoms with Crippen LogP contribution in [0.2, 0.25) is 0 Å². The molecule has 0 radical (unpaired) electrons. The van der Waals surface area contributed by atoms with E-state index in [4.69, 9.17) is 9.62 Å². The Morgan fingerprint density at radius 1 is 1.67 bits per heavy atom. The molecule has 0 fully saturated rings. The van der Waals surface area contributed by atoms with Gasteiger partial charge < -0.3 is 9.62 Å². The number of Topliss-reactive ketones (excluding diaryl/α,β-unsaturated/α-hetero) is 1. The molecule has 4 nitrogen and oxygen atoms in total. The lowest BCUT2D eigenvalue weighted by Gasteiger charge is -2.24. The van der Waals surface area contributed by atoms with E-state index in [0.29, 0.717) is 12.2 Å². The fraction of sp³-hybridized carbons (Fsp3) is 0.455. The fourth-order valence-corrected chi connectivity index (χ4v) is 1.43. The number of hydrogen-bond acceptors (Lipinski definition) is 4. The summed E-state index contributed by atoms with van der Waals surface area (Å²) in [6.45, 7) is 5.10. The summed E-state index contributed by atoms with van der Waals surface area (Å²) in [6, 6.07) is 3.36. The maximum Gasteiger partial charge on any atom is 0.152 e. The van der Waals surface area contributed by atoms with Gasteiger partial charge in [0.15, 0.2) is 5.76 Å². The highest BCUT2D eigenvalue weighted by atomic mass is 16.4. The number of ketones is 1. The van der Waals surface area contributed by atoms with Crippen molar-refractivity contribution in [3.8, 4) is 0 Å². The Balaban J connectivity index is 3.18. The van der Waals surface area contributed by atoms with Crippen molar-refractivity contribution in [1.82, 2.24) is 0 Å². The summed E-state index contributed by atoms with van der Waals surface area (Å²) in [7, 11) is 0. The van der Waals surface area contributed by atoms with Gasteiger partial charge in [0.05, 0.1) is 11.7 Å². The molecule has 0 aliphatic rings. The van der Waals surface area contributed by atoms with E-state index in [1.807, 2.05) is 6.92 Å². The van der Waals surface area contributed by atoms with Crippen LogP contribution in [0, 0.1) is 5.41 Å². The van der Waals surface area contributed by atoms with Gasteiger partial charge in [-0.15, -0.1) is 0 Å². The minimum atomic E-state index is -0.799. The van der Waals surface area contributed by atoms with Crippen LogP contribution in [0.25, 0.3) is 0 Å². The molecule has 1 unspecified atom stereocenters. The van der Waals surface area contributed by atoms with Crippen molar-refractivity contribution in [2.24, 2.45) is 10.6 Å². The summed E-state index contributed by atoms with van der Waals surface area (Å²) >= 11 is 0. The van der Waals surface area contributed by atoms with E-state index in [1.165, 1.54) is 13.2 Å². The van der Waals surface area contributed by atoms with Crippen molar-refractivity contribution in [2.45, 2.75) is 27.2 Å². The number of oxime groups is 1. The zero-order chi connectivity index (χ0) is 11.5. The van der Waals surface area contributed by atoms with Gasteiger partial charge in [0, 0.05) is 0 Å². The van der Waals surface area contributed by atoms with Crippen LogP contribution in [0.4, 0.5) is 0 Å². The largest absolute Gasteiger partial charge is 0.463 e. The van der Waals surface area contributed by atoms with Crippen LogP contribution in [0.1, 0.15) is 33.0 Å². The molecular formula is C11H15NO3. The van der Waals surface area contributed by atoms with E-state index < -0.39 is 5.41 Å². The third-order valence-corrected chi connectivity index (χ3v) is 2.86. The minimum absolute atomic E-state index is 0.0470. The van der Waals surface area contributed by atoms with Crippen LogP contribution in [-0.4, -0.2) is 16.7 Å². The number of nitrogens with zero attached hydrogens (tertiary/aromatic N) is 1. The molecule has 1 aromatic rings. The van der Waals surface area contributed by atoms with Gasteiger partial charge in [-0.05, 0) is 32.4 Å². The van der Waals surface area contributed by atoms with E-state index in [2.05, 4.69) is 5.16 Å². The van der Waals surface area contributed by atoms with Gasteiger partial charge in [0.2, 0.25) is 0 Å². The van der Waals surface area contributed by atoms with Crippen molar-refractivity contribution < 1.29 is 14.4 Å². The van der Waals surface area contributed by atoms with Gasteiger partial charge in [-0.3, -0.25) is 4.79 Å². The lowest BCUT2D eigenvalue weighted by molar-refractivity contribution is -0.122. The highest BCUT2D eigenvalue weighted by molar-refractivity contribution is 6.14. The first-order valence-corrected chi connectivity index (χ1v) is 4.83. The molecule has 0 spiro atoms. The summed E-state index contributed by atoms with van der Waals surface area (Å²) < 4.78 is 5.14. The molecule has 4 heteroatoms. The number of rotatable bonds is 4. The molecule has 0 aromatic carbocycles. The molecule has 15 heavy (non-hydrogen) atoms. The van der Waals surface area contributed by atoms with Crippen molar-refractivity contribution in [3.63, 3.8) is 0 Å². The average Bonchev–Trinajstić information content (AvgIpc) is 2.71. The minimum Gasteiger partial charge on any atom is -0.463 e. The molecule has 0 bridgehead atoms. The van der Waals surface area contributed by atoms with E-state index in [0.717, 1.165) is 0 Å². The molecule has 0 aliphatic heterocycles. The van der Waals surface area contributed by atoms with Crippen molar-refractivity contribution in [3.05, 3.63) is 24.2 Å². The first-order valence-electron chi connectivity index (χ1n) is 4.83. The van der Waals surface area contributed by atoms with Gasteiger partial charge in [0.25, 0.3) is 0 Å².